The number of aliphatic hydroxyl groups excluding tert-OH is 1. The standard InChI is InChI=1S/C11H14BrNO2S/c1-6(14)7(2)15-10(5-13)11-4-9(12)8(3)16-11/h4,6-7,10,14H,1-3H3. The van der Waals surface area contributed by atoms with Crippen LogP contribution in [0.1, 0.15) is 29.7 Å². The van der Waals surface area contributed by atoms with Crippen molar-refractivity contribution in [3.63, 3.8) is 0 Å². The Balaban J connectivity index is 2.80. The molecule has 0 aromatic carbocycles. The van der Waals surface area contributed by atoms with Crippen LogP contribution < -0.4 is 0 Å². The number of hydrogen-bond donors (Lipinski definition) is 1. The van der Waals surface area contributed by atoms with Crippen LogP contribution in [0.15, 0.2) is 10.5 Å². The first kappa shape index (κ1) is 13.7. The van der Waals surface area contributed by atoms with Gasteiger partial charge in [0.25, 0.3) is 0 Å². The van der Waals surface area contributed by atoms with Crippen molar-refractivity contribution >= 4 is 27.3 Å². The smallest absolute Gasteiger partial charge is 0.178 e. The molecule has 3 atom stereocenters. The minimum atomic E-state index is -0.611. The lowest BCUT2D eigenvalue weighted by Gasteiger charge is -2.18. The van der Waals surface area contributed by atoms with E-state index >= 15 is 0 Å². The van der Waals surface area contributed by atoms with E-state index in [4.69, 9.17) is 10.00 Å². The fraction of sp³-hybridized carbons (Fsp3) is 0.545. The number of thiophene rings is 1. The molecule has 0 saturated heterocycles. The molecule has 0 amide bonds. The second-order valence-corrected chi connectivity index (χ2v) is 5.79. The predicted molar refractivity (Wildman–Crippen MR) is 67.3 cm³/mol. The molecule has 16 heavy (non-hydrogen) atoms. The SMILES string of the molecule is Cc1sc(C(C#N)OC(C)C(C)O)cc1Br. The molecular formula is C11H14BrNO2S. The molecule has 1 N–H and O–H groups in total. The van der Waals surface area contributed by atoms with E-state index in [1.54, 1.807) is 13.8 Å². The Hall–Kier alpha value is -0.410. The van der Waals surface area contributed by atoms with Gasteiger partial charge in [0.05, 0.1) is 12.2 Å². The lowest BCUT2D eigenvalue weighted by atomic mass is 10.2. The monoisotopic (exact) mass is 303 g/mol. The largest absolute Gasteiger partial charge is 0.391 e. The maximum Gasteiger partial charge on any atom is 0.178 e. The van der Waals surface area contributed by atoms with Gasteiger partial charge in [0.2, 0.25) is 0 Å². The van der Waals surface area contributed by atoms with Crippen LogP contribution in [0, 0.1) is 18.3 Å². The number of halogens is 1. The van der Waals surface area contributed by atoms with Crippen molar-refractivity contribution in [2.45, 2.75) is 39.1 Å². The highest BCUT2D eigenvalue weighted by Crippen LogP contribution is 2.32. The molecule has 88 valence electrons. The van der Waals surface area contributed by atoms with Gasteiger partial charge in [0, 0.05) is 14.2 Å². The van der Waals surface area contributed by atoms with Gasteiger partial charge < -0.3 is 9.84 Å². The molecule has 5 heteroatoms. The molecule has 3 unspecified atom stereocenters. The second-order valence-electron chi connectivity index (χ2n) is 3.64. The number of nitriles is 1. The predicted octanol–water partition coefficient (Wildman–Crippen LogP) is 3.17. The summed E-state index contributed by atoms with van der Waals surface area (Å²) < 4.78 is 6.48. The highest BCUT2D eigenvalue weighted by atomic mass is 79.9. The number of nitrogens with zero attached hydrogens (tertiary/aromatic N) is 1. The number of aliphatic hydroxyl groups is 1. The molecule has 0 aliphatic carbocycles. The summed E-state index contributed by atoms with van der Waals surface area (Å²) >= 11 is 4.93. The van der Waals surface area contributed by atoms with Crippen LogP contribution in [0.2, 0.25) is 0 Å². The van der Waals surface area contributed by atoms with E-state index in [9.17, 15) is 5.11 Å². The van der Waals surface area contributed by atoms with Crippen LogP contribution in [-0.2, 0) is 4.74 Å². The summed E-state index contributed by atoms with van der Waals surface area (Å²) in [6.07, 6.45) is -1.55. The van der Waals surface area contributed by atoms with Gasteiger partial charge in [0.1, 0.15) is 6.07 Å². The maximum absolute atomic E-state index is 9.33. The topological polar surface area (TPSA) is 53.2 Å². The quantitative estimate of drug-likeness (QED) is 0.929. The van der Waals surface area contributed by atoms with Gasteiger partial charge >= 0.3 is 0 Å². The van der Waals surface area contributed by atoms with Gasteiger partial charge in [-0.05, 0) is 42.8 Å². The minimum Gasteiger partial charge on any atom is -0.391 e. The molecule has 0 aliphatic rings. The second kappa shape index (κ2) is 5.78. The molecule has 0 spiro atoms. The van der Waals surface area contributed by atoms with E-state index in [1.165, 1.54) is 11.3 Å². The average Bonchev–Trinajstić information content (AvgIpc) is 2.55. The molecule has 0 radical (unpaired) electrons. The van der Waals surface area contributed by atoms with E-state index in [-0.39, 0.29) is 6.10 Å². The van der Waals surface area contributed by atoms with Crippen molar-refractivity contribution in [2.75, 3.05) is 0 Å². The van der Waals surface area contributed by atoms with Crippen LogP contribution in [-0.4, -0.2) is 17.3 Å². The third-order valence-corrected chi connectivity index (χ3v) is 4.46. The number of ether oxygens (including phenoxy) is 1. The lowest BCUT2D eigenvalue weighted by molar-refractivity contribution is -0.0415. The molecule has 0 aliphatic heterocycles. The van der Waals surface area contributed by atoms with E-state index in [2.05, 4.69) is 22.0 Å². The third kappa shape index (κ3) is 3.29. The molecule has 0 bridgehead atoms. The fourth-order valence-electron chi connectivity index (χ4n) is 1.10. The van der Waals surface area contributed by atoms with E-state index < -0.39 is 12.2 Å². The molecule has 1 aromatic rings. The van der Waals surface area contributed by atoms with Crippen LogP contribution in [0.5, 0.6) is 0 Å². The van der Waals surface area contributed by atoms with Crippen molar-refractivity contribution in [3.05, 3.63) is 20.3 Å². The third-order valence-electron chi connectivity index (χ3n) is 2.28. The van der Waals surface area contributed by atoms with Gasteiger partial charge in [-0.15, -0.1) is 11.3 Å². The summed E-state index contributed by atoms with van der Waals surface area (Å²) in [6.45, 7) is 5.38. The number of hydrogen-bond acceptors (Lipinski definition) is 4. The highest BCUT2D eigenvalue weighted by molar-refractivity contribution is 9.10. The molecular weight excluding hydrogens is 290 g/mol. The highest BCUT2D eigenvalue weighted by Gasteiger charge is 2.20. The molecule has 1 aromatic heterocycles. The number of rotatable bonds is 4. The van der Waals surface area contributed by atoms with Gasteiger partial charge in [-0.3, -0.25) is 0 Å². The van der Waals surface area contributed by atoms with Crippen molar-refractivity contribution in [1.82, 2.24) is 0 Å². The van der Waals surface area contributed by atoms with Crippen LogP contribution in [0.4, 0.5) is 0 Å². The Labute approximate surface area is 108 Å². The zero-order valence-electron chi connectivity index (χ0n) is 9.40. The lowest BCUT2D eigenvalue weighted by Crippen LogP contribution is -2.24. The summed E-state index contributed by atoms with van der Waals surface area (Å²) in [4.78, 5) is 1.97. The van der Waals surface area contributed by atoms with Crippen molar-refractivity contribution in [2.24, 2.45) is 0 Å². The van der Waals surface area contributed by atoms with Gasteiger partial charge in [-0.2, -0.15) is 5.26 Å². The van der Waals surface area contributed by atoms with Crippen molar-refractivity contribution in [1.29, 1.82) is 5.26 Å². The summed E-state index contributed by atoms with van der Waals surface area (Å²) in [6, 6.07) is 3.99. The van der Waals surface area contributed by atoms with E-state index in [0.717, 1.165) is 14.2 Å². The Morgan fingerprint density at radius 2 is 2.19 bits per heavy atom. The fourth-order valence-corrected chi connectivity index (χ4v) is 2.64. The van der Waals surface area contributed by atoms with E-state index in [0.29, 0.717) is 0 Å². The molecule has 0 saturated carbocycles. The van der Waals surface area contributed by atoms with Crippen LogP contribution in [0.25, 0.3) is 0 Å². The summed E-state index contributed by atoms with van der Waals surface area (Å²) in [5, 5.41) is 18.4. The zero-order chi connectivity index (χ0) is 12.3. The average molecular weight is 304 g/mol. The Bertz CT molecular complexity index is 378. The summed E-state index contributed by atoms with van der Waals surface area (Å²) in [5.74, 6) is 0. The van der Waals surface area contributed by atoms with Gasteiger partial charge in [0.15, 0.2) is 6.10 Å². The molecule has 1 heterocycles. The maximum atomic E-state index is 9.33. The Morgan fingerprint density at radius 1 is 1.56 bits per heavy atom. The number of aryl methyl sites for hydroxylation is 1. The van der Waals surface area contributed by atoms with Gasteiger partial charge in [-0.25, -0.2) is 0 Å². The van der Waals surface area contributed by atoms with Crippen LogP contribution in [0.3, 0.4) is 0 Å². The Kier molecular flexibility index (Phi) is 4.93. The Morgan fingerprint density at radius 3 is 2.56 bits per heavy atom. The normalized spacial score (nSPS) is 16.5. The zero-order valence-corrected chi connectivity index (χ0v) is 11.8. The van der Waals surface area contributed by atoms with Crippen LogP contribution >= 0.6 is 27.3 Å². The minimum absolute atomic E-state index is 0.356. The van der Waals surface area contributed by atoms with Crippen molar-refractivity contribution in [3.8, 4) is 6.07 Å². The molecule has 3 nitrogen and oxygen atoms in total. The van der Waals surface area contributed by atoms with Crippen molar-refractivity contribution < 1.29 is 9.84 Å². The molecule has 0 fully saturated rings. The first-order valence-electron chi connectivity index (χ1n) is 4.94. The van der Waals surface area contributed by atoms with Gasteiger partial charge in [-0.1, -0.05) is 0 Å². The first-order chi connectivity index (χ1) is 7.45. The summed E-state index contributed by atoms with van der Waals surface area (Å²) in [7, 11) is 0. The molecule has 1 rings (SSSR count). The summed E-state index contributed by atoms with van der Waals surface area (Å²) in [5.41, 5.74) is 0. The van der Waals surface area contributed by atoms with E-state index in [1.807, 2.05) is 13.0 Å². The first-order valence-corrected chi connectivity index (χ1v) is 6.55.